The van der Waals surface area contributed by atoms with Crippen molar-refractivity contribution in [3.63, 3.8) is 0 Å². The molecule has 5 heteroatoms. The molecule has 0 aliphatic rings. The highest BCUT2D eigenvalue weighted by molar-refractivity contribution is 9.10. The largest absolute Gasteiger partial charge is 0.456 e. The number of nitrogens with zero attached hydrogens (tertiary/aromatic N) is 2. The van der Waals surface area contributed by atoms with Crippen molar-refractivity contribution < 1.29 is 4.42 Å². The monoisotopic (exact) mass is 410 g/mol. The molecule has 5 rings (SSSR count). The van der Waals surface area contributed by atoms with E-state index in [-0.39, 0.29) is 0 Å². The molecule has 0 atom stereocenters. The molecule has 0 unspecified atom stereocenters. The van der Waals surface area contributed by atoms with Crippen LogP contribution in [0.15, 0.2) is 63.5 Å². The Morgan fingerprint density at radius 1 is 0.960 bits per heavy atom. The summed E-state index contributed by atoms with van der Waals surface area (Å²) in [6, 6.07) is 18.1. The van der Waals surface area contributed by atoms with E-state index in [1.54, 1.807) is 0 Å². The third-order valence-electron chi connectivity index (χ3n) is 4.52. The second-order valence-electron chi connectivity index (χ2n) is 6.03. The molecular weight excluding hydrogens is 400 g/mol. The van der Waals surface area contributed by atoms with E-state index in [4.69, 9.17) is 21.1 Å². The average molecular weight is 412 g/mol. The van der Waals surface area contributed by atoms with Gasteiger partial charge in [0.25, 0.3) is 0 Å². The fourth-order valence-corrected chi connectivity index (χ4v) is 3.88. The van der Waals surface area contributed by atoms with Crippen LogP contribution in [0.1, 0.15) is 5.69 Å². The molecule has 0 aliphatic heterocycles. The predicted molar refractivity (Wildman–Crippen MR) is 106 cm³/mol. The van der Waals surface area contributed by atoms with Crippen LogP contribution in [0.5, 0.6) is 0 Å². The smallest absolute Gasteiger partial charge is 0.137 e. The van der Waals surface area contributed by atoms with Gasteiger partial charge in [0.15, 0.2) is 0 Å². The molecular formula is C20H12BrClN2O. The first-order valence-corrected chi connectivity index (χ1v) is 9.05. The SMILES string of the molecule is Cc1nn(-c2cccc(Br)c2Cl)c2cc3oc4ccccc4c3cc12. The number of para-hydroxylation sites is 1. The van der Waals surface area contributed by atoms with Crippen molar-refractivity contribution in [3.05, 3.63) is 69.8 Å². The van der Waals surface area contributed by atoms with Crippen molar-refractivity contribution >= 4 is 60.4 Å². The number of aromatic nitrogens is 2. The molecule has 25 heavy (non-hydrogen) atoms. The average Bonchev–Trinajstić information content (AvgIpc) is 3.13. The van der Waals surface area contributed by atoms with Crippen LogP contribution in [0.25, 0.3) is 38.5 Å². The quantitative estimate of drug-likeness (QED) is 0.309. The Kier molecular flexibility index (Phi) is 3.21. The predicted octanol–water partition coefficient (Wildman–Crippen LogP) is 6.65. The summed E-state index contributed by atoms with van der Waals surface area (Å²) in [6.45, 7) is 2.01. The summed E-state index contributed by atoms with van der Waals surface area (Å²) in [6.07, 6.45) is 0. The molecule has 0 radical (unpaired) electrons. The number of aryl methyl sites for hydroxylation is 1. The van der Waals surface area contributed by atoms with Gasteiger partial charge in [-0.15, -0.1) is 0 Å². The van der Waals surface area contributed by atoms with Crippen molar-refractivity contribution in [2.24, 2.45) is 0 Å². The Morgan fingerprint density at radius 2 is 1.80 bits per heavy atom. The molecule has 3 aromatic carbocycles. The van der Waals surface area contributed by atoms with Gasteiger partial charge in [0.1, 0.15) is 11.2 Å². The highest BCUT2D eigenvalue weighted by Crippen LogP contribution is 2.36. The van der Waals surface area contributed by atoms with Gasteiger partial charge in [0.05, 0.1) is 21.9 Å². The molecule has 0 amide bonds. The van der Waals surface area contributed by atoms with Crippen molar-refractivity contribution in [3.8, 4) is 5.69 Å². The fraction of sp³-hybridized carbons (Fsp3) is 0.0500. The number of halogens is 2. The summed E-state index contributed by atoms with van der Waals surface area (Å²) in [7, 11) is 0. The molecule has 0 saturated carbocycles. The number of benzene rings is 3. The van der Waals surface area contributed by atoms with Gasteiger partial charge in [-0.25, -0.2) is 4.68 Å². The second-order valence-corrected chi connectivity index (χ2v) is 7.27. The van der Waals surface area contributed by atoms with Gasteiger partial charge in [-0.1, -0.05) is 35.9 Å². The molecule has 0 N–H and O–H groups in total. The zero-order valence-electron chi connectivity index (χ0n) is 13.3. The Balaban J connectivity index is 1.90. The minimum atomic E-state index is 0.636. The van der Waals surface area contributed by atoms with Crippen LogP contribution in [-0.4, -0.2) is 9.78 Å². The lowest BCUT2D eigenvalue weighted by atomic mass is 10.1. The number of fused-ring (bicyclic) bond motifs is 4. The highest BCUT2D eigenvalue weighted by Gasteiger charge is 2.16. The summed E-state index contributed by atoms with van der Waals surface area (Å²) in [5, 5.41) is 8.66. The number of hydrogen-bond donors (Lipinski definition) is 0. The molecule has 0 spiro atoms. The van der Waals surface area contributed by atoms with E-state index in [1.165, 1.54) is 0 Å². The molecule has 5 aromatic rings. The van der Waals surface area contributed by atoms with E-state index < -0.39 is 0 Å². The topological polar surface area (TPSA) is 31.0 Å². The van der Waals surface area contributed by atoms with Crippen LogP contribution in [0, 0.1) is 6.92 Å². The summed E-state index contributed by atoms with van der Waals surface area (Å²) >= 11 is 9.97. The minimum Gasteiger partial charge on any atom is -0.456 e. The minimum absolute atomic E-state index is 0.636. The first kappa shape index (κ1) is 15.0. The number of hydrogen-bond acceptors (Lipinski definition) is 2. The van der Waals surface area contributed by atoms with Crippen molar-refractivity contribution in [1.29, 1.82) is 0 Å². The standard InChI is InChI=1S/C20H12BrClN2O/c1-11-13-9-14-12-5-2-3-8-18(12)25-19(14)10-17(13)24(23-11)16-7-4-6-15(21)20(16)22/h2-10H,1H3. The maximum atomic E-state index is 6.49. The Morgan fingerprint density at radius 3 is 2.68 bits per heavy atom. The summed E-state index contributed by atoms with van der Waals surface area (Å²) in [4.78, 5) is 0. The normalized spacial score (nSPS) is 11.8. The number of rotatable bonds is 1. The van der Waals surface area contributed by atoms with Crippen LogP contribution in [0.2, 0.25) is 5.02 Å². The van der Waals surface area contributed by atoms with E-state index in [2.05, 4.69) is 28.1 Å². The molecule has 0 bridgehead atoms. The van der Waals surface area contributed by atoms with E-state index >= 15 is 0 Å². The molecule has 0 aliphatic carbocycles. The van der Waals surface area contributed by atoms with Crippen LogP contribution >= 0.6 is 27.5 Å². The van der Waals surface area contributed by atoms with Crippen LogP contribution in [-0.2, 0) is 0 Å². The Bertz CT molecular complexity index is 1290. The van der Waals surface area contributed by atoms with Crippen molar-refractivity contribution in [2.75, 3.05) is 0 Å². The van der Waals surface area contributed by atoms with Gasteiger partial charge in [0, 0.05) is 26.7 Å². The van der Waals surface area contributed by atoms with Crippen LogP contribution in [0.4, 0.5) is 0 Å². The van der Waals surface area contributed by atoms with Gasteiger partial charge in [0.2, 0.25) is 0 Å². The lowest BCUT2D eigenvalue weighted by molar-refractivity contribution is 0.669. The van der Waals surface area contributed by atoms with E-state index in [0.29, 0.717) is 5.02 Å². The maximum absolute atomic E-state index is 6.49. The molecule has 3 nitrogen and oxygen atoms in total. The van der Waals surface area contributed by atoms with Crippen molar-refractivity contribution in [2.45, 2.75) is 6.92 Å². The van der Waals surface area contributed by atoms with Gasteiger partial charge in [-0.05, 0) is 47.1 Å². The lowest BCUT2D eigenvalue weighted by Gasteiger charge is -2.07. The molecule has 2 aromatic heterocycles. The first-order chi connectivity index (χ1) is 12.1. The van der Waals surface area contributed by atoms with Crippen LogP contribution < -0.4 is 0 Å². The van der Waals surface area contributed by atoms with Crippen molar-refractivity contribution in [1.82, 2.24) is 9.78 Å². The third kappa shape index (κ3) is 2.14. The lowest BCUT2D eigenvalue weighted by Crippen LogP contribution is -1.97. The summed E-state index contributed by atoms with van der Waals surface area (Å²) < 4.78 is 8.76. The second kappa shape index (κ2) is 5.35. The molecule has 0 saturated heterocycles. The van der Waals surface area contributed by atoms with Gasteiger partial charge in [-0.3, -0.25) is 0 Å². The van der Waals surface area contributed by atoms with Gasteiger partial charge >= 0.3 is 0 Å². The third-order valence-corrected chi connectivity index (χ3v) is 5.81. The molecule has 2 heterocycles. The summed E-state index contributed by atoms with van der Waals surface area (Å²) in [5.74, 6) is 0. The van der Waals surface area contributed by atoms with E-state index in [9.17, 15) is 0 Å². The fourth-order valence-electron chi connectivity index (χ4n) is 3.32. The Hall–Kier alpha value is -2.30. The number of furan rings is 1. The van der Waals surface area contributed by atoms with E-state index in [0.717, 1.165) is 48.7 Å². The zero-order chi connectivity index (χ0) is 17.1. The zero-order valence-corrected chi connectivity index (χ0v) is 15.6. The molecule has 0 fully saturated rings. The maximum Gasteiger partial charge on any atom is 0.137 e. The van der Waals surface area contributed by atoms with Gasteiger partial charge in [-0.2, -0.15) is 5.10 Å². The molecule has 122 valence electrons. The van der Waals surface area contributed by atoms with E-state index in [1.807, 2.05) is 54.1 Å². The highest BCUT2D eigenvalue weighted by atomic mass is 79.9. The van der Waals surface area contributed by atoms with Gasteiger partial charge < -0.3 is 4.42 Å². The van der Waals surface area contributed by atoms with Crippen LogP contribution in [0.3, 0.4) is 0 Å². The first-order valence-electron chi connectivity index (χ1n) is 7.88. The Labute approximate surface area is 156 Å². The summed E-state index contributed by atoms with van der Waals surface area (Å²) in [5.41, 5.74) is 4.51.